The van der Waals surface area contributed by atoms with E-state index in [9.17, 15) is 13.2 Å². The van der Waals surface area contributed by atoms with Crippen LogP contribution in [0.1, 0.15) is 6.92 Å². The quantitative estimate of drug-likeness (QED) is 0.617. The molecule has 0 atom stereocenters. The third kappa shape index (κ3) is 3.63. The number of ether oxygens (including phenoxy) is 1. The van der Waals surface area contributed by atoms with E-state index in [1.54, 1.807) is 6.92 Å². The van der Waals surface area contributed by atoms with Crippen LogP contribution in [-0.2, 0) is 19.6 Å². The fourth-order valence-electron chi connectivity index (χ4n) is 1.49. The van der Waals surface area contributed by atoms with E-state index in [4.69, 9.17) is 17.3 Å². The lowest BCUT2D eigenvalue weighted by Gasteiger charge is -2.20. The molecule has 0 saturated carbocycles. The van der Waals surface area contributed by atoms with Crippen LogP contribution in [0.4, 0.5) is 5.69 Å². The van der Waals surface area contributed by atoms with E-state index in [1.165, 1.54) is 19.2 Å². The van der Waals surface area contributed by atoms with Gasteiger partial charge in [0, 0.05) is 17.3 Å². The van der Waals surface area contributed by atoms with Crippen molar-refractivity contribution in [3.8, 4) is 0 Å². The molecule has 0 aliphatic rings. The van der Waals surface area contributed by atoms with Gasteiger partial charge in [-0.15, -0.1) is 0 Å². The lowest BCUT2D eigenvalue weighted by atomic mass is 10.3. The van der Waals surface area contributed by atoms with Crippen molar-refractivity contribution in [1.82, 2.24) is 4.31 Å². The van der Waals surface area contributed by atoms with Crippen LogP contribution in [0.15, 0.2) is 21.5 Å². The van der Waals surface area contributed by atoms with Crippen molar-refractivity contribution in [3.05, 3.63) is 21.6 Å². The largest absolute Gasteiger partial charge is 0.468 e. The third-order valence-corrected chi connectivity index (χ3v) is 5.85. The summed E-state index contributed by atoms with van der Waals surface area (Å²) in [4.78, 5) is 11.2. The molecular formula is C11H14BrClN2O4S. The maximum absolute atomic E-state index is 12.5. The number of benzene rings is 1. The van der Waals surface area contributed by atoms with Gasteiger partial charge in [0.2, 0.25) is 10.0 Å². The van der Waals surface area contributed by atoms with Crippen molar-refractivity contribution in [3.63, 3.8) is 0 Å². The molecule has 6 nitrogen and oxygen atoms in total. The minimum Gasteiger partial charge on any atom is -0.468 e. The molecule has 0 aliphatic carbocycles. The third-order valence-electron chi connectivity index (χ3n) is 2.54. The van der Waals surface area contributed by atoms with Gasteiger partial charge in [0.25, 0.3) is 0 Å². The Labute approximate surface area is 131 Å². The van der Waals surface area contributed by atoms with Crippen LogP contribution in [0.3, 0.4) is 0 Å². The number of rotatable bonds is 5. The van der Waals surface area contributed by atoms with Crippen LogP contribution in [0.5, 0.6) is 0 Å². The number of esters is 1. The summed E-state index contributed by atoms with van der Waals surface area (Å²) in [6.07, 6.45) is 0. The first-order chi connectivity index (χ1) is 9.23. The Hall–Kier alpha value is -0.830. The van der Waals surface area contributed by atoms with E-state index >= 15 is 0 Å². The van der Waals surface area contributed by atoms with Gasteiger partial charge in [-0.25, -0.2) is 8.42 Å². The van der Waals surface area contributed by atoms with Crippen molar-refractivity contribution in [2.75, 3.05) is 25.9 Å². The molecule has 9 heteroatoms. The van der Waals surface area contributed by atoms with Crippen molar-refractivity contribution in [2.24, 2.45) is 0 Å². The zero-order chi connectivity index (χ0) is 15.5. The zero-order valence-corrected chi connectivity index (χ0v) is 14.0. The molecule has 0 aromatic heterocycles. The number of likely N-dealkylation sites (N-methyl/N-ethyl adjacent to an activating group) is 1. The van der Waals surface area contributed by atoms with Gasteiger partial charge in [-0.1, -0.05) is 18.5 Å². The highest BCUT2D eigenvalue weighted by Gasteiger charge is 2.28. The van der Waals surface area contributed by atoms with Gasteiger partial charge < -0.3 is 10.5 Å². The second kappa shape index (κ2) is 6.75. The SMILES string of the molecule is CCN(CC(=O)OC)S(=O)(=O)c1cc(Cl)cc(N)c1Br. The molecule has 0 aliphatic heterocycles. The summed E-state index contributed by atoms with van der Waals surface area (Å²) in [6, 6.07) is 2.71. The molecule has 0 spiro atoms. The molecule has 20 heavy (non-hydrogen) atoms. The minimum atomic E-state index is -3.91. The zero-order valence-electron chi connectivity index (χ0n) is 10.9. The fraction of sp³-hybridized carbons (Fsp3) is 0.364. The van der Waals surface area contributed by atoms with Crippen LogP contribution in [-0.4, -0.2) is 38.9 Å². The van der Waals surface area contributed by atoms with E-state index in [0.717, 1.165) is 4.31 Å². The Balaban J connectivity index is 3.31. The van der Waals surface area contributed by atoms with Gasteiger partial charge in [0.1, 0.15) is 6.54 Å². The highest BCUT2D eigenvalue weighted by Crippen LogP contribution is 2.33. The van der Waals surface area contributed by atoms with Crippen LogP contribution in [0.2, 0.25) is 5.02 Å². The number of hydrogen-bond donors (Lipinski definition) is 1. The molecule has 2 N–H and O–H groups in total. The summed E-state index contributed by atoms with van der Waals surface area (Å²) in [5.74, 6) is -0.651. The number of nitrogens with two attached hydrogens (primary N) is 1. The van der Waals surface area contributed by atoms with E-state index in [0.29, 0.717) is 0 Å². The number of halogens is 2. The lowest BCUT2D eigenvalue weighted by Crippen LogP contribution is -2.36. The van der Waals surface area contributed by atoms with Gasteiger partial charge >= 0.3 is 5.97 Å². The van der Waals surface area contributed by atoms with Crippen molar-refractivity contribution in [1.29, 1.82) is 0 Å². The molecule has 112 valence electrons. The molecule has 0 bridgehead atoms. The average Bonchev–Trinajstić information content (AvgIpc) is 2.39. The lowest BCUT2D eigenvalue weighted by molar-refractivity contribution is -0.140. The Morgan fingerprint density at radius 3 is 2.60 bits per heavy atom. The molecule has 1 aromatic carbocycles. The van der Waals surface area contributed by atoms with Crippen LogP contribution < -0.4 is 5.73 Å². The first kappa shape index (κ1) is 17.2. The average molecular weight is 386 g/mol. The number of sulfonamides is 1. The predicted octanol–water partition coefficient (Wildman–Crippen LogP) is 1.87. The monoisotopic (exact) mass is 384 g/mol. The molecule has 0 saturated heterocycles. The molecule has 0 unspecified atom stereocenters. The summed E-state index contributed by atoms with van der Waals surface area (Å²) < 4.78 is 30.7. The van der Waals surface area contributed by atoms with Gasteiger partial charge in [-0.3, -0.25) is 4.79 Å². The Kier molecular flexibility index (Phi) is 5.81. The highest BCUT2D eigenvalue weighted by atomic mass is 79.9. The molecule has 1 aromatic rings. The van der Waals surface area contributed by atoms with Crippen LogP contribution in [0.25, 0.3) is 0 Å². The maximum atomic E-state index is 12.5. The maximum Gasteiger partial charge on any atom is 0.321 e. The van der Waals surface area contributed by atoms with Gasteiger partial charge in [-0.2, -0.15) is 4.31 Å². The Bertz CT molecular complexity index is 621. The second-order valence-electron chi connectivity index (χ2n) is 3.81. The number of anilines is 1. The van der Waals surface area contributed by atoms with Gasteiger partial charge in [0.15, 0.2) is 0 Å². The number of carbonyl (C=O) groups is 1. The summed E-state index contributed by atoms with van der Waals surface area (Å²) in [7, 11) is -2.72. The van der Waals surface area contributed by atoms with Gasteiger partial charge in [0.05, 0.1) is 16.5 Å². The van der Waals surface area contributed by atoms with E-state index in [1.807, 2.05) is 0 Å². The van der Waals surface area contributed by atoms with Gasteiger partial charge in [-0.05, 0) is 28.1 Å². The van der Waals surface area contributed by atoms with Crippen molar-refractivity contribution >= 4 is 49.2 Å². The second-order valence-corrected chi connectivity index (χ2v) is 6.95. The number of hydrogen-bond acceptors (Lipinski definition) is 5. The molecule has 0 radical (unpaired) electrons. The smallest absolute Gasteiger partial charge is 0.321 e. The summed E-state index contributed by atoms with van der Waals surface area (Å²) in [5, 5.41) is 0.193. The Morgan fingerprint density at radius 2 is 2.10 bits per heavy atom. The Morgan fingerprint density at radius 1 is 1.50 bits per heavy atom. The molecule has 0 fully saturated rings. The van der Waals surface area contributed by atoms with E-state index < -0.39 is 16.0 Å². The molecule has 0 heterocycles. The fourth-order valence-corrected chi connectivity index (χ4v) is 4.13. The summed E-state index contributed by atoms with van der Waals surface area (Å²) in [6.45, 7) is 1.34. The molecule has 1 rings (SSSR count). The number of methoxy groups -OCH3 is 1. The normalized spacial score (nSPS) is 11.7. The topological polar surface area (TPSA) is 89.7 Å². The van der Waals surface area contributed by atoms with Crippen LogP contribution >= 0.6 is 27.5 Å². The standard InChI is InChI=1S/C11H14BrClN2O4S/c1-3-15(6-10(16)19-2)20(17,18)9-5-7(13)4-8(14)11(9)12/h4-5H,3,6,14H2,1-2H3. The van der Waals surface area contributed by atoms with E-state index in [2.05, 4.69) is 20.7 Å². The number of carbonyl (C=O) groups excluding carboxylic acids is 1. The summed E-state index contributed by atoms with van der Waals surface area (Å²) in [5.41, 5.74) is 5.88. The van der Waals surface area contributed by atoms with Crippen LogP contribution in [0, 0.1) is 0 Å². The molecule has 0 amide bonds. The minimum absolute atomic E-state index is 0.0896. The van der Waals surface area contributed by atoms with Crippen molar-refractivity contribution < 1.29 is 17.9 Å². The predicted molar refractivity (Wildman–Crippen MR) is 80.0 cm³/mol. The van der Waals surface area contributed by atoms with E-state index in [-0.39, 0.29) is 33.2 Å². The first-order valence-corrected chi connectivity index (χ1v) is 8.16. The number of nitrogen functional groups attached to an aromatic ring is 1. The molecular weight excluding hydrogens is 372 g/mol. The first-order valence-electron chi connectivity index (χ1n) is 5.55. The summed E-state index contributed by atoms with van der Waals surface area (Å²) >= 11 is 8.96. The van der Waals surface area contributed by atoms with Crippen molar-refractivity contribution in [2.45, 2.75) is 11.8 Å². The highest BCUT2D eigenvalue weighted by molar-refractivity contribution is 9.10. The number of nitrogens with zero attached hydrogens (tertiary/aromatic N) is 1.